The lowest BCUT2D eigenvalue weighted by Crippen LogP contribution is -2.51. The summed E-state index contributed by atoms with van der Waals surface area (Å²) >= 11 is 1.87. The normalized spacial score (nSPS) is 21.2. The van der Waals surface area contributed by atoms with Crippen molar-refractivity contribution in [3.05, 3.63) is 17.7 Å². The first-order valence-electron chi connectivity index (χ1n) is 8.84. The number of aryl methyl sites for hydroxylation is 1. The molecule has 2 aliphatic heterocycles. The van der Waals surface area contributed by atoms with Crippen molar-refractivity contribution in [1.82, 2.24) is 9.21 Å². The molecule has 0 saturated carbocycles. The lowest BCUT2D eigenvalue weighted by atomic mass is 10.0. The van der Waals surface area contributed by atoms with E-state index in [1.165, 1.54) is 50.3 Å². The standard InChI is InChI=1S/C18H30N4OS/c1-14-12-16(19)18(23-2)13-17(14)21-6-4-15(5-7-21)20-8-10-22(24-3)11-9-20/h12-13,15H,4-11,19H2,1-3H3. The second-order valence-electron chi connectivity index (χ2n) is 6.75. The molecule has 0 amide bonds. The van der Waals surface area contributed by atoms with Gasteiger partial charge in [0.2, 0.25) is 0 Å². The number of ether oxygens (including phenoxy) is 1. The molecule has 1 aromatic rings. The third kappa shape index (κ3) is 3.76. The monoisotopic (exact) mass is 350 g/mol. The molecule has 0 bridgehead atoms. The summed E-state index contributed by atoms with van der Waals surface area (Å²) in [5.41, 5.74) is 9.25. The van der Waals surface area contributed by atoms with E-state index in [1.807, 2.05) is 18.0 Å². The van der Waals surface area contributed by atoms with Crippen molar-refractivity contribution in [3.63, 3.8) is 0 Å². The van der Waals surface area contributed by atoms with Gasteiger partial charge in [-0.2, -0.15) is 0 Å². The van der Waals surface area contributed by atoms with Gasteiger partial charge in [-0.05, 0) is 37.7 Å². The minimum atomic E-state index is 0.723. The second-order valence-corrected chi connectivity index (χ2v) is 7.63. The number of piperazine rings is 1. The summed E-state index contributed by atoms with van der Waals surface area (Å²) in [5.74, 6) is 0.783. The van der Waals surface area contributed by atoms with Crippen LogP contribution < -0.4 is 15.4 Å². The molecule has 2 saturated heterocycles. The van der Waals surface area contributed by atoms with Crippen molar-refractivity contribution in [2.75, 3.05) is 63.3 Å². The quantitative estimate of drug-likeness (QED) is 0.665. The summed E-state index contributed by atoms with van der Waals surface area (Å²) in [4.78, 5) is 5.19. The van der Waals surface area contributed by atoms with Crippen molar-refractivity contribution in [2.45, 2.75) is 25.8 Å². The van der Waals surface area contributed by atoms with Crippen LogP contribution in [0.4, 0.5) is 11.4 Å². The fraction of sp³-hybridized carbons (Fsp3) is 0.667. The largest absolute Gasteiger partial charge is 0.495 e. The van der Waals surface area contributed by atoms with E-state index in [0.717, 1.165) is 30.6 Å². The molecule has 0 spiro atoms. The molecule has 5 nitrogen and oxygen atoms in total. The van der Waals surface area contributed by atoms with Gasteiger partial charge in [0, 0.05) is 57.1 Å². The number of benzene rings is 1. The van der Waals surface area contributed by atoms with Gasteiger partial charge in [0.15, 0.2) is 0 Å². The molecular weight excluding hydrogens is 320 g/mol. The molecular formula is C18H30N4OS. The van der Waals surface area contributed by atoms with Gasteiger partial charge >= 0.3 is 0 Å². The van der Waals surface area contributed by atoms with E-state index in [0.29, 0.717) is 0 Å². The van der Waals surface area contributed by atoms with Gasteiger partial charge in [0.05, 0.1) is 12.8 Å². The molecule has 3 rings (SSSR count). The molecule has 24 heavy (non-hydrogen) atoms. The van der Waals surface area contributed by atoms with E-state index in [9.17, 15) is 0 Å². The number of methoxy groups -OCH3 is 1. The molecule has 2 aliphatic rings. The minimum absolute atomic E-state index is 0.723. The van der Waals surface area contributed by atoms with E-state index in [2.05, 4.69) is 33.4 Å². The Morgan fingerprint density at radius 1 is 1.08 bits per heavy atom. The zero-order valence-electron chi connectivity index (χ0n) is 15.1. The second kappa shape index (κ2) is 7.85. The zero-order chi connectivity index (χ0) is 17.1. The Labute approximate surface area is 150 Å². The Morgan fingerprint density at radius 3 is 2.33 bits per heavy atom. The van der Waals surface area contributed by atoms with Crippen molar-refractivity contribution in [2.24, 2.45) is 0 Å². The molecule has 0 radical (unpaired) electrons. The number of anilines is 2. The van der Waals surface area contributed by atoms with Crippen LogP contribution in [0.1, 0.15) is 18.4 Å². The van der Waals surface area contributed by atoms with Gasteiger partial charge in [-0.1, -0.05) is 11.9 Å². The minimum Gasteiger partial charge on any atom is -0.495 e. The van der Waals surface area contributed by atoms with Crippen LogP contribution in [0.3, 0.4) is 0 Å². The maximum Gasteiger partial charge on any atom is 0.143 e. The topological polar surface area (TPSA) is 45.0 Å². The van der Waals surface area contributed by atoms with E-state index in [1.54, 1.807) is 7.11 Å². The highest BCUT2D eigenvalue weighted by molar-refractivity contribution is 7.96. The zero-order valence-corrected chi connectivity index (χ0v) is 15.9. The Kier molecular flexibility index (Phi) is 5.79. The molecule has 1 aromatic carbocycles. The first-order valence-corrected chi connectivity index (χ1v) is 10.0. The van der Waals surface area contributed by atoms with E-state index < -0.39 is 0 Å². The lowest BCUT2D eigenvalue weighted by molar-refractivity contribution is 0.124. The highest BCUT2D eigenvalue weighted by Gasteiger charge is 2.28. The van der Waals surface area contributed by atoms with Crippen molar-refractivity contribution in [1.29, 1.82) is 0 Å². The Bertz CT molecular complexity index is 552. The summed E-state index contributed by atoms with van der Waals surface area (Å²) in [6.45, 7) is 9.16. The fourth-order valence-corrected chi connectivity index (χ4v) is 4.47. The number of nitrogens with two attached hydrogens (primary N) is 1. The van der Waals surface area contributed by atoms with Crippen LogP contribution in [0.5, 0.6) is 5.75 Å². The van der Waals surface area contributed by atoms with E-state index in [-0.39, 0.29) is 0 Å². The smallest absolute Gasteiger partial charge is 0.143 e. The Balaban J connectivity index is 1.59. The number of nitrogens with zero attached hydrogens (tertiary/aromatic N) is 3. The van der Waals surface area contributed by atoms with Crippen LogP contribution in [0.25, 0.3) is 0 Å². The number of rotatable bonds is 4. The molecule has 0 unspecified atom stereocenters. The third-order valence-electron chi connectivity index (χ3n) is 5.40. The summed E-state index contributed by atoms with van der Waals surface area (Å²) < 4.78 is 7.87. The van der Waals surface area contributed by atoms with Gasteiger partial charge in [-0.15, -0.1) is 0 Å². The third-order valence-corrected chi connectivity index (χ3v) is 6.28. The molecule has 2 N–H and O–H groups in total. The lowest BCUT2D eigenvalue weighted by Gasteiger charge is -2.43. The average Bonchev–Trinajstić information content (AvgIpc) is 2.62. The summed E-state index contributed by atoms with van der Waals surface area (Å²) in [5, 5.41) is 0. The number of hydrogen-bond acceptors (Lipinski definition) is 6. The predicted molar refractivity (Wildman–Crippen MR) is 104 cm³/mol. The highest BCUT2D eigenvalue weighted by atomic mass is 32.2. The van der Waals surface area contributed by atoms with E-state index in [4.69, 9.17) is 10.5 Å². The van der Waals surface area contributed by atoms with Crippen LogP contribution >= 0.6 is 11.9 Å². The van der Waals surface area contributed by atoms with Gasteiger partial charge in [0.1, 0.15) is 5.75 Å². The fourth-order valence-electron chi connectivity index (χ4n) is 3.94. The van der Waals surface area contributed by atoms with Gasteiger partial charge < -0.3 is 15.4 Å². The maximum atomic E-state index is 6.02. The first-order chi connectivity index (χ1) is 11.6. The SMILES string of the molecule is COc1cc(N2CCC(N3CCN(SC)CC3)CC2)c(C)cc1N. The van der Waals surface area contributed by atoms with E-state index >= 15 is 0 Å². The molecule has 0 aliphatic carbocycles. The van der Waals surface area contributed by atoms with Crippen LogP contribution in [-0.4, -0.2) is 67.9 Å². The molecule has 0 atom stereocenters. The van der Waals surface area contributed by atoms with Crippen LogP contribution in [0, 0.1) is 6.92 Å². The summed E-state index contributed by atoms with van der Waals surface area (Å²) in [6, 6.07) is 4.87. The first kappa shape index (κ1) is 17.7. The summed E-state index contributed by atoms with van der Waals surface area (Å²) in [7, 11) is 1.69. The van der Waals surface area contributed by atoms with Crippen molar-refractivity contribution >= 4 is 23.3 Å². The van der Waals surface area contributed by atoms with Crippen molar-refractivity contribution < 1.29 is 4.74 Å². The number of nitrogen functional groups attached to an aromatic ring is 1. The molecule has 6 heteroatoms. The molecule has 134 valence electrons. The highest BCUT2D eigenvalue weighted by Crippen LogP contribution is 2.33. The van der Waals surface area contributed by atoms with Gasteiger partial charge in [-0.25, -0.2) is 4.31 Å². The Morgan fingerprint density at radius 2 is 1.75 bits per heavy atom. The van der Waals surface area contributed by atoms with Crippen LogP contribution in [0.15, 0.2) is 12.1 Å². The summed E-state index contributed by atoms with van der Waals surface area (Å²) in [6.07, 6.45) is 4.66. The van der Waals surface area contributed by atoms with Gasteiger partial charge in [0.25, 0.3) is 0 Å². The number of piperidine rings is 1. The van der Waals surface area contributed by atoms with Crippen LogP contribution in [-0.2, 0) is 0 Å². The average molecular weight is 351 g/mol. The van der Waals surface area contributed by atoms with Crippen molar-refractivity contribution in [3.8, 4) is 5.75 Å². The number of hydrogen-bond donors (Lipinski definition) is 1. The predicted octanol–water partition coefficient (Wildman–Crippen LogP) is 2.45. The molecule has 2 fully saturated rings. The molecule has 0 aromatic heterocycles. The van der Waals surface area contributed by atoms with Crippen LogP contribution in [0.2, 0.25) is 0 Å². The Hall–Kier alpha value is -1.11. The van der Waals surface area contributed by atoms with Gasteiger partial charge in [-0.3, -0.25) is 4.90 Å². The maximum absolute atomic E-state index is 6.02. The molecule has 2 heterocycles.